The summed E-state index contributed by atoms with van der Waals surface area (Å²) in [7, 11) is 0. The highest BCUT2D eigenvalue weighted by Crippen LogP contribution is 2.23. The van der Waals surface area contributed by atoms with Crippen LogP contribution in [-0.2, 0) is 0 Å². The molecule has 0 saturated carbocycles. The van der Waals surface area contributed by atoms with Gasteiger partial charge in [-0.15, -0.1) is 0 Å². The summed E-state index contributed by atoms with van der Waals surface area (Å²) in [6.07, 6.45) is 0. The first kappa shape index (κ1) is 12.8. The highest BCUT2D eigenvalue weighted by Gasteiger charge is 2.11. The zero-order valence-corrected chi connectivity index (χ0v) is 11.5. The van der Waals surface area contributed by atoms with Crippen molar-refractivity contribution >= 4 is 11.6 Å². The fourth-order valence-corrected chi connectivity index (χ4v) is 2.09. The highest BCUT2D eigenvalue weighted by atomic mass is 35.5. The Morgan fingerprint density at radius 2 is 1.65 bits per heavy atom. The van der Waals surface area contributed by atoms with E-state index in [4.69, 9.17) is 11.6 Å². The Labute approximate surface area is 120 Å². The van der Waals surface area contributed by atoms with E-state index in [1.54, 1.807) is 28.9 Å². The van der Waals surface area contributed by atoms with E-state index in [0.29, 0.717) is 16.7 Å². The molecule has 0 unspecified atom stereocenters. The molecule has 0 N–H and O–H groups in total. The number of aryl methyl sites for hydroxylation is 1. The van der Waals surface area contributed by atoms with Crippen LogP contribution in [0.25, 0.3) is 17.1 Å². The van der Waals surface area contributed by atoms with E-state index >= 15 is 0 Å². The minimum Gasteiger partial charge on any atom is -0.213 e. The summed E-state index contributed by atoms with van der Waals surface area (Å²) in [5.74, 6) is 1.07. The van der Waals surface area contributed by atoms with Crippen molar-refractivity contribution in [2.75, 3.05) is 0 Å². The average Bonchev–Trinajstić information content (AvgIpc) is 2.82. The third-order valence-corrected chi connectivity index (χ3v) is 3.14. The van der Waals surface area contributed by atoms with Crippen LogP contribution in [0.5, 0.6) is 0 Å². The molecule has 3 aromatic rings. The molecule has 3 rings (SSSR count). The normalized spacial score (nSPS) is 10.8. The van der Waals surface area contributed by atoms with Gasteiger partial charge in [0.25, 0.3) is 0 Å². The molecule has 3 nitrogen and oxygen atoms in total. The summed E-state index contributed by atoms with van der Waals surface area (Å²) in [6, 6.07) is 13.5. The second-order valence-corrected chi connectivity index (χ2v) is 4.81. The van der Waals surface area contributed by atoms with Gasteiger partial charge in [0.1, 0.15) is 11.6 Å². The lowest BCUT2D eigenvalue weighted by atomic mass is 10.2. The molecule has 0 radical (unpaired) electrons. The van der Waals surface area contributed by atoms with Crippen LogP contribution in [0.4, 0.5) is 4.39 Å². The molecule has 0 saturated heterocycles. The third-order valence-electron chi connectivity index (χ3n) is 2.89. The van der Waals surface area contributed by atoms with Crippen LogP contribution < -0.4 is 0 Å². The quantitative estimate of drug-likeness (QED) is 0.712. The van der Waals surface area contributed by atoms with Crippen molar-refractivity contribution in [3.8, 4) is 17.1 Å². The number of benzene rings is 2. The van der Waals surface area contributed by atoms with Crippen LogP contribution in [0.2, 0.25) is 5.02 Å². The van der Waals surface area contributed by atoms with Gasteiger partial charge in [-0.2, -0.15) is 5.10 Å². The maximum absolute atomic E-state index is 13.0. The Kier molecular flexibility index (Phi) is 3.24. The smallest absolute Gasteiger partial charge is 0.163 e. The molecule has 0 aliphatic rings. The van der Waals surface area contributed by atoms with Crippen LogP contribution >= 0.6 is 11.6 Å². The Morgan fingerprint density at radius 3 is 2.30 bits per heavy atom. The van der Waals surface area contributed by atoms with E-state index in [-0.39, 0.29) is 5.82 Å². The second kappa shape index (κ2) is 5.06. The van der Waals surface area contributed by atoms with Gasteiger partial charge < -0.3 is 0 Å². The highest BCUT2D eigenvalue weighted by molar-refractivity contribution is 6.30. The zero-order valence-electron chi connectivity index (χ0n) is 10.7. The lowest BCUT2D eigenvalue weighted by Crippen LogP contribution is -1.99. The molecule has 0 spiro atoms. The monoisotopic (exact) mass is 287 g/mol. The lowest BCUT2D eigenvalue weighted by Gasteiger charge is -2.06. The Balaban J connectivity index is 2.12. The molecule has 0 bridgehead atoms. The summed E-state index contributed by atoms with van der Waals surface area (Å²) in [5, 5.41) is 5.02. The van der Waals surface area contributed by atoms with Crippen LogP contribution in [0.3, 0.4) is 0 Å². The third kappa shape index (κ3) is 2.42. The maximum Gasteiger partial charge on any atom is 0.163 e. The second-order valence-electron chi connectivity index (χ2n) is 4.38. The van der Waals surface area contributed by atoms with E-state index in [0.717, 1.165) is 11.3 Å². The van der Waals surface area contributed by atoms with Gasteiger partial charge in [0.2, 0.25) is 0 Å². The zero-order chi connectivity index (χ0) is 14.1. The van der Waals surface area contributed by atoms with Crippen molar-refractivity contribution in [2.24, 2.45) is 0 Å². The SMILES string of the molecule is Cc1nc(-c2ccc(Cl)cc2)n(-c2ccc(F)cc2)n1. The van der Waals surface area contributed by atoms with Crippen LogP contribution in [0, 0.1) is 12.7 Å². The minimum absolute atomic E-state index is 0.279. The van der Waals surface area contributed by atoms with Crippen LogP contribution in [0.1, 0.15) is 5.82 Å². The summed E-state index contributed by atoms with van der Waals surface area (Å²) in [4.78, 5) is 4.42. The van der Waals surface area contributed by atoms with E-state index in [2.05, 4.69) is 10.1 Å². The summed E-state index contributed by atoms with van der Waals surface area (Å²) >= 11 is 5.89. The Hall–Kier alpha value is -2.20. The van der Waals surface area contributed by atoms with Crippen molar-refractivity contribution in [3.63, 3.8) is 0 Å². The molecule has 5 heteroatoms. The van der Waals surface area contributed by atoms with E-state index < -0.39 is 0 Å². The van der Waals surface area contributed by atoms with E-state index in [1.165, 1.54) is 12.1 Å². The molecular weight excluding hydrogens is 277 g/mol. The van der Waals surface area contributed by atoms with Gasteiger partial charge in [0.15, 0.2) is 5.82 Å². The number of halogens is 2. The molecule has 0 amide bonds. The maximum atomic E-state index is 13.0. The van der Waals surface area contributed by atoms with Gasteiger partial charge in [-0.1, -0.05) is 11.6 Å². The summed E-state index contributed by atoms with van der Waals surface area (Å²) < 4.78 is 14.7. The molecule has 1 aromatic heterocycles. The fraction of sp³-hybridized carbons (Fsp3) is 0.0667. The van der Waals surface area contributed by atoms with Crippen LogP contribution in [0.15, 0.2) is 48.5 Å². The summed E-state index contributed by atoms with van der Waals surface area (Å²) in [6.45, 7) is 1.82. The molecule has 0 fully saturated rings. The number of hydrogen-bond acceptors (Lipinski definition) is 2. The van der Waals surface area contributed by atoms with Gasteiger partial charge in [-0.25, -0.2) is 14.1 Å². The number of aromatic nitrogens is 3. The van der Waals surface area contributed by atoms with Crippen molar-refractivity contribution in [1.29, 1.82) is 0 Å². The Morgan fingerprint density at radius 1 is 1.00 bits per heavy atom. The largest absolute Gasteiger partial charge is 0.213 e. The Bertz CT molecular complexity index is 670. The van der Waals surface area contributed by atoms with Gasteiger partial charge >= 0.3 is 0 Å². The molecule has 0 aliphatic heterocycles. The molecule has 0 aliphatic carbocycles. The first-order valence-corrected chi connectivity index (χ1v) is 6.47. The predicted molar refractivity (Wildman–Crippen MR) is 76.5 cm³/mol. The van der Waals surface area contributed by atoms with E-state index in [1.807, 2.05) is 19.1 Å². The topological polar surface area (TPSA) is 30.7 Å². The number of rotatable bonds is 2. The molecule has 100 valence electrons. The van der Waals surface area contributed by atoms with Gasteiger partial charge in [-0.05, 0) is 55.5 Å². The van der Waals surface area contributed by atoms with Crippen molar-refractivity contribution < 1.29 is 4.39 Å². The minimum atomic E-state index is -0.279. The number of nitrogens with zero attached hydrogens (tertiary/aromatic N) is 3. The van der Waals surface area contributed by atoms with Gasteiger partial charge in [0, 0.05) is 10.6 Å². The molecule has 20 heavy (non-hydrogen) atoms. The molecular formula is C15H11ClFN3. The van der Waals surface area contributed by atoms with Crippen molar-refractivity contribution in [1.82, 2.24) is 14.8 Å². The fourth-order valence-electron chi connectivity index (χ4n) is 1.96. The van der Waals surface area contributed by atoms with Crippen molar-refractivity contribution in [2.45, 2.75) is 6.92 Å². The van der Waals surface area contributed by atoms with Gasteiger partial charge in [-0.3, -0.25) is 0 Å². The number of hydrogen-bond donors (Lipinski definition) is 0. The lowest BCUT2D eigenvalue weighted by molar-refractivity contribution is 0.627. The molecule has 0 atom stereocenters. The van der Waals surface area contributed by atoms with Crippen LogP contribution in [-0.4, -0.2) is 14.8 Å². The van der Waals surface area contributed by atoms with E-state index in [9.17, 15) is 4.39 Å². The predicted octanol–water partition coefficient (Wildman–Crippen LogP) is 4.04. The first-order valence-electron chi connectivity index (χ1n) is 6.09. The molecule has 1 heterocycles. The van der Waals surface area contributed by atoms with Crippen molar-refractivity contribution in [3.05, 3.63) is 65.2 Å². The van der Waals surface area contributed by atoms with Gasteiger partial charge in [0.05, 0.1) is 5.69 Å². The average molecular weight is 288 g/mol. The molecule has 2 aromatic carbocycles. The standard InChI is InChI=1S/C15H11ClFN3/c1-10-18-15(11-2-4-12(16)5-3-11)20(19-10)14-8-6-13(17)7-9-14/h2-9H,1H3. The first-order chi connectivity index (χ1) is 9.63. The summed E-state index contributed by atoms with van der Waals surface area (Å²) in [5.41, 5.74) is 1.66.